The molecular formula is C17H22N2. The van der Waals surface area contributed by atoms with E-state index < -0.39 is 0 Å². The molecule has 100 valence electrons. The Kier molecular flexibility index (Phi) is 4.69. The zero-order valence-corrected chi connectivity index (χ0v) is 12.0. The first kappa shape index (κ1) is 13.8. The lowest BCUT2D eigenvalue weighted by molar-refractivity contribution is 0.549. The Labute approximate surface area is 115 Å². The Morgan fingerprint density at radius 3 is 2.42 bits per heavy atom. The second-order valence-electron chi connectivity index (χ2n) is 5.01. The lowest BCUT2D eigenvalue weighted by Crippen LogP contribution is -2.23. The van der Waals surface area contributed by atoms with Gasteiger partial charge in [0.1, 0.15) is 0 Å². The highest BCUT2D eigenvalue weighted by Gasteiger charge is 2.11. The number of likely N-dealkylation sites (N-methyl/N-ethyl adjacent to an activating group) is 1. The van der Waals surface area contributed by atoms with E-state index in [0.717, 1.165) is 13.0 Å². The molecule has 1 N–H and O–H groups in total. The third-order valence-electron chi connectivity index (χ3n) is 3.57. The molecule has 0 bridgehead atoms. The Hall–Kier alpha value is -1.67. The number of nitrogens with zero attached hydrogens (tertiary/aromatic N) is 1. The highest BCUT2D eigenvalue weighted by atomic mass is 14.9. The van der Waals surface area contributed by atoms with Crippen LogP contribution < -0.4 is 5.32 Å². The van der Waals surface area contributed by atoms with Crippen LogP contribution in [0.25, 0.3) is 0 Å². The van der Waals surface area contributed by atoms with Gasteiger partial charge in [-0.05, 0) is 61.2 Å². The van der Waals surface area contributed by atoms with Crippen molar-refractivity contribution in [3.8, 4) is 0 Å². The van der Waals surface area contributed by atoms with Crippen molar-refractivity contribution in [2.75, 3.05) is 6.54 Å². The Balaban J connectivity index is 2.21. The molecule has 2 nitrogen and oxygen atoms in total. The maximum absolute atomic E-state index is 4.08. The standard InChI is InChI=1S/C17H22N2/c1-4-19-17(12-15-7-9-18-10-8-15)16-6-5-13(2)14(3)11-16/h5-11,17,19H,4,12H2,1-3H3. The smallest absolute Gasteiger partial charge is 0.0360 e. The predicted molar refractivity (Wildman–Crippen MR) is 80.3 cm³/mol. The first-order chi connectivity index (χ1) is 9.20. The average Bonchev–Trinajstić information content (AvgIpc) is 2.43. The number of aryl methyl sites for hydroxylation is 2. The van der Waals surface area contributed by atoms with Crippen molar-refractivity contribution in [1.29, 1.82) is 0 Å². The van der Waals surface area contributed by atoms with E-state index in [1.165, 1.54) is 22.3 Å². The number of pyridine rings is 1. The molecule has 0 saturated carbocycles. The van der Waals surface area contributed by atoms with Crippen molar-refractivity contribution in [2.45, 2.75) is 33.2 Å². The van der Waals surface area contributed by atoms with Gasteiger partial charge in [-0.25, -0.2) is 0 Å². The summed E-state index contributed by atoms with van der Waals surface area (Å²) in [4.78, 5) is 4.08. The van der Waals surface area contributed by atoms with Crippen LogP contribution in [0.3, 0.4) is 0 Å². The van der Waals surface area contributed by atoms with E-state index in [9.17, 15) is 0 Å². The highest BCUT2D eigenvalue weighted by Crippen LogP contribution is 2.20. The summed E-state index contributed by atoms with van der Waals surface area (Å²) in [5, 5.41) is 3.57. The fourth-order valence-corrected chi connectivity index (χ4v) is 2.29. The van der Waals surface area contributed by atoms with Crippen LogP contribution in [0, 0.1) is 13.8 Å². The van der Waals surface area contributed by atoms with Crippen molar-refractivity contribution < 1.29 is 0 Å². The second-order valence-corrected chi connectivity index (χ2v) is 5.01. The van der Waals surface area contributed by atoms with E-state index in [1.807, 2.05) is 12.4 Å². The van der Waals surface area contributed by atoms with E-state index in [1.54, 1.807) is 0 Å². The molecule has 1 unspecified atom stereocenters. The van der Waals surface area contributed by atoms with Gasteiger partial charge in [-0.3, -0.25) is 4.98 Å². The minimum atomic E-state index is 0.367. The lowest BCUT2D eigenvalue weighted by atomic mass is 9.96. The van der Waals surface area contributed by atoms with E-state index in [4.69, 9.17) is 0 Å². The fourth-order valence-electron chi connectivity index (χ4n) is 2.29. The molecule has 0 radical (unpaired) electrons. The van der Waals surface area contributed by atoms with Gasteiger partial charge in [0.05, 0.1) is 0 Å². The summed E-state index contributed by atoms with van der Waals surface area (Å²) in [5.41, 5.74) is 5.39. The van der Waals surface area contributed by atoms with Crippen molar-refractivity contribution in [1.82, 2.24) is 10.3 Å². The fraction of sp³-hybridized carbons (Fsp3) is 0.353. The summed E-state index contributed by atoms with van der Waals surface area (Å²) in [6.45, 7) is 7.46. The molecule has 1 aromatic carbocycles. The number of benzene rings is 1. The molecule has 2 rings (SSSR count). The van der Waals surface area contributed by atoms with Gasteiger partial charge in [-0.15, -0.1) is 0 Å². The molecular weight excluding hydrogens is 232 g/mol. The van der Waals surface area contributed by atoms with Crippen molar-refractivity contribution in [3.63, 3.8) is 0 Å². The summed E-state index contributed by atoms with van der Waals surface area (Å²) in [6.07, 6.45) is 4.72. The number of hydrogen-bond donors (Lipinski definition) is 1. The monoisotopic (exact) mass is 254 g/mol. The molecule has 2 heteroatoms. The number of rotatable bonds is 5. The summed E-state index contributed by atoms with van der Waals surface area (Å²) in [6, 6.07) is 11.3. The quantitative estimate of drug-likeness (QED) is 0.882. The number of nitrogens with one attached hydrogen (secondary N) is 1. The number of aromatic nitrogens is 1. The zero-order valence-electron chi connectivity index (χ0n) is 12.0. The molecule has 1 atom stereocenters. The normalized spacial score (nSPS) is 12.4. The van der Waals surface area contributed by atoms with E-state index >= 15 is 0 Å². The third-order valence-corrected chi connectivity index (χ3v) is 3.57. The van der Waals surface area contributed by atoms with E-state index in [-0.39, 0.29) is 0 Å². The average molecular weight is 254 g/mol. The van der Waals surface area contributed by atoms with Crippen molar-refractivity contribution >= 4 is 0 Å². The van der Waals surface area contributed by atoms with Crippen LogP contribution in [0.2, 0.25) is 0 Å². The minimum Gasteiger partial charge on any atom is -0.310 e. The second kappa shape index (κ2) is 6.48. The molecule has 0 aliphatic rings. The summed E-state index contributed by atoms with van der Waals surface area (Å²) in [7, 11) is 0. The first-order valence-corrected chi connectivity index (χ1v) is 6.90. The Bertz CT molecular complexity index is 520. The molecule has 0 aliphatic heterocycles. The van der Waals surface area contributed by atoms with Gasteiger partial charge in [0, 0.05) is 18.4 Å². The van der Waals surface area contributed by atoms with Gasteiger partial charge < -0.3 is 5.32 Å². The van der Waals surface area contributed by atoms with Crippen LogP contribution in [0.1, 0.15) is 35.2 Å². The van der Waals surface area contributed by atoms with Crippen LogP contribution in [0.4, 0.5) is 0 Å². The highest BCUT2D eigenvalue weighted by molar-refractivity contribution is 5.32. The predicted octanol–water partition coefficient (Wildman–Crippen LogP) is 3.59. The molecule has 19 heavy (non-hydrogen) atoms. The van der Waals surface area contributed by atoms with Gasteiger partial charge in [-0.2, -0.15) is 0 Å². The van der Waals surface area contributed by atoms with E-state index in [0.29, 0.717) is 6.04 Å². The van der Waals surface area contributed by atoms with E-state index in [2.05, 4.69) is 61.4 Å². The van der Waals surface area contributed by atoms with Crippen LogP contribution >= 0.6 is 0 Å². The summed E-state index contributed by atoms with van der Waals surface area (Å²) >= 11 is 0. The Morgan fingerprint density at radius 2 is 1.79 bits per heavy atom. The zero-order chi connectivity index (χ0) is 13.7. The maximum atomic E-state index is 4.08. The van der Waals surface area contributed by atoms with Gasteiger partial charge in [-0.1, -0.05) is 25.1 Å². The molecule has 1 aromatic heterocycles. The largest absolute Gasteiger partial charge is 0.310 e. The molecule has 0 saturated heterocycles. The molecule has 1 heterocycles. The molecule has 0 spiro atoms. The molecule has 0 fully saturated rings. The summed E-state index contributed by atoms with van der Waals surface area (Å²) in [5.74, 6) is 0. The number of hydrogen-bond acceptors (Lipinski definition) is 2. The topological polar surface area (TPSA) is 24.9 Å². The van der Waals surface area contributed by atoms with Gasteiger partial charge in [0.15, 0.2) is 0 Å². The van der Waals surface area contributed by atoms with Crippen molar-refractivity contribution in [3.05, 3.63) is 65.0 Å². The minimum absolute atomic E-state index is 0.367. The molecule has 2 aromatic rings. The van der Waals surface area contributed by atoms with Crippen LogP contribution in [0.5, 0.6) is 0 Å². The van der Waals surface area contributed by atoms with Crippen LogP contribution in [-0.4, -0.2) is 11.5 Å². The van der Waals surface area contributed by atoms with Crippen LogP contribution in [-0.2, 0) is 6.42 Å². The molecule has 0 amide bonds. The third kappa shape index (κ3) is 3.65. The van der Waals surface area contributed by atoms with Crippen molar-refractivity contribution in [2.24, 2.45) is 0 Å². The maximum Gasteiger partial charge on any atom is 0.0360 e. The van der Waals surface area contributed by atoms with Gasteiger partial charge >= 0.3 is 0 Å². The Morgan fingerprint density at radius 1 is 1.05 bits per heavy atom. The molecule has 0 aliphatic carbocycles. The van der Waals surface area contributed by atoms with Crippen LogP contribution in [0.15, 0.2) is 42.7 Å². The van der Waals surface area contributed by atoms with Gasteiger partial charge in [0.25, 0.3) is 0 Å². The van der Waals surface area contributed by atoms with Gasteiger partial charge in [0.2, 0.25) is 0 Å². The summed E-state index contributed by atoms with van der Waals surface area (Å²) < 4.78 is 0. The lowest BCUT2D eigenvalue weighted by Gasteiger charge is -2.19. The first-order valence-electron chi connectivity index (χ1n) is 6.90. The SMILES string of the molecule is CCNC(Cc1ccncc1)c1ccc(C)c(C)c1.